The molecule has 2 N–H and O–H groups in total. The minimum absolute atomic E-state index is 0.104. The SMILES string of the molecule is CC(C)CNC(=O)C(C)NC1C=CCCC1. The van der Waals surface area contributed by atoms with Crippen molar-refractivity contribution in [1.82, 2.24) is 10.6 Å². The maximum absolute atomic E-state index is 11.7. The Kier molecular flexibility index (Phi) is 5.53. The summed E-state index contributed by atoms with van der Waals surface area (Å²) >= 11 is 0. The summed E-state index contributed by atoms with van der Waals surface area (Å²) in [6, 6.07) is 0.264. The van der Waals surface area contributed by atoms with E-state index in [9.17, 15) is 4.79 Å². The first kappa shape index (κ1) is 13.2. The van der Waals surface area contributed by atoms with Crippen molar-refractivity contribution in [3.05, 3.63) is 12.2 Å². The van der Waals surface area contributed by atoms with Crippen LogP contribution in [0.4, 0.5) is 0 Å². The molecule has 2 atom stereocenters. The largest absolute Gasteiger partial charge is 0.354 e. The van der Waals surface area contributed by atoms with Gasteiger partial charge < -0.3 is 5.32 Å². The molecule has 0 radical (unpaired) electrons. The standard InChI is InChI=1S/C13H24N2O/c1-10(2)9-14-13(16)11(3)15-12-7-5-4-6-8-12/h5,7,10-12,15H,4,6,8-9H2,1-3H3,(H,14,16). The van der Waals surface area contributed by atoms with Crippen molar-refractivity contribution in [2.24, 2.45) is 5.92 Å². The average molecular weight is 224 g/mol. The highest BCUT2D eigenvalue weighted by molar-refractivity contribution is 5.81. The van der Waals surface area contributed by atoms with Crippen molar-refractivity contribution in [1.29, 1.82) is 0 Å². The lowest BCUT2D eigenvalue weighted by molar-refractivity contribution is -0.123. The van der Waals surface area contributed by atoms with Gasteiger partial charge in [-0.3, -0.25) is 10.1 Å². The molecule has 0 aromatic carbocycles. The zero-order valence-electron chi connectivity index (χ0n) is 10.6. The van der Waals surface area contributed by atoms with Gasteiger partial charge in [0.15, 0.2) is 0 Å². The van der Waals surface area contributed by atoms with E-state index in [1.54, 1.807) is 0 Å². The Morgan fingerprint density at radius 1 is 1.44 bits per heavy atom. The first-order valence-electron chi connectivity index (χ1n) is 6.30. The van der Waals surface area contributed by atoms with Gasteiger partial charge in [0.25, 0.3) is 0 Å². The number of rotatable bonds is 5. The van der Waals surface area contributed by atoms with Crippen LogP contribution in [0.3, 0.4) is 0 Å². The van der Waals surface area contributed by atoms with E-state index in [2.05, 4.69) is 36.6 Å². The third-order valence-corrected chi connectivity index (χ3v) is 2.80. The molecule has 1 aliphatic rings. The van der Waals surface area contributed by atoms with Gasteiger partial charge in [-0.2, -0.15) is 0 Å². The number of amides is 1. The molecule has 2 unspecified atom stereocenters. The smallest absolute Gasteiger partial charge is 0.236 e. The molecule has 1 rings (SSSR count). The van der Waals surface area contributed by atoms with E-state index in [0.717, 1.165) is 13.0 Å². The Labute approximate surface area is 98.7 Å². The molecule has 0 spiro atoms. The third-order valence-electron chi connectivity index (χ3n) is 2.80. The highest BCUT2D eigenvalue weighted by atomic mass is 16.2. The van der Waals surface area contributed by atoms with Crippen LogP contribution in [0.15, 0.2) is 12.2 Å². The van der Waals surface area contributed by atoms with Crippen LogP contribution in [0.2, 0.25) is 0 Å². The fourth-order valence-corrected chi connectivity index (χ4v) is 1.81. The molecule has 1 amide bonds. The van der Waals surface area contributed by atoms with Gasteiger partial charge in [0.05, 0.1) is 6.04 Å². The van der Waals surface area contributed by atoms with Gasteiger partial charge in [-0.05, 0) is 32.1 Å². The number of carbonyl (C=O) groups is 1. The second-order valence-corrected chi connectivity index (χ2v) is 4.99. The van der Waals surface area contributed by atoms with Gasteiger partial charge in [-0.1, -0.05) is 26.0 Å². The monoisotopic (exact) mass is 224 g/mol. The molecule has 0 aromatic rings. The highest BCUT2D eigenvalue weighted by Gasteiger charge is 2.16. The Morgan fingerprint density at radius 3 is 2.75 bits per heavy atom. The molecule has 3 nitrogen and oxygen atoms in total. The quantitative estimate of drug-likeness (QED) is 0.700. The summed E-state index contributed by atoms with van der Waals surface area (Å²) in [5.74, 6) is 0.610. The Balaban J connectivity index is 2.27. The number of carbonyl (C=O) groups excluding carboxylic acids is 1. The summed E-state index contributed by atoms with van der Waals surface area (Å²) in [5, 5.41) is 6.29. The zero-order chi connectivity index (χ0) is 12.0. The lowest BCUT2D eigenvalue weighted by Gasteiger charge is -2.22. The second kappa shape index (κ2) is 6.69. The number of nitrogens with one attached hydrogen (secondary N) is 2. The number of hydrogen-bond donors (Lipinski definition) is 2. The van der Waals surface area contributed by atoms with E-state index in [1.165, 1.54) is 12.8 Å². The van der Waals surface area contributed by atoms with Crippen molar-refractivity contribution in [2.75, 3.05) is 6.54 Å². The lowest BCUT2D eigenvalue weighted by atomic mass is 10.0. The fraction of sp³-hybridized carbons (Fsp3) is 0.769. The Bertz CT molecular complexity index is 248. The van der Waals surface area contributed by atoms with Crippen LogP contribution >= 0.6 is 0 Å². The van der Waals surface area contributed by atoms with Crippen LogP contribution in [0.1, 0.15) is 40.0 Å². The molecular weight excluding hydrogens is 200 g/mol. The number of hydrogen-bond acceptors (Lipinski definition) is 2. The van der Waals surface area contributed by atoms with Crippen molar-refractivity contribution in [3.8, 4) is 0 Å². The first-order chi connectivity index (χ1) is 7.59. The predicted molar refractivity (Wildman–Crippen MR) is 67.2 cm³/mol. The van der Waals surface area contributed by atoms with Gasteiger partial charge in [0.1, 0.15) is 0 Å². The van der Waals surface area contributed by atoms with Gasteiger partial charge in [-0.15, -0.1) is 0 Å². The van der Waals surface area contributed by atoms with Crippen molar-refractivity contribution >= 4 is 5.91 Å². The van der Waals surface area contributed by atoms with Crippen LogP contribution in [0, 0.1) is 5.92 Å². The molecule has 92 valence electrons. The van der Waals surface area contributed by atoms with Gasteiger partial charge in [0.2, 0.25) is 5.91 Å². The normalized spacial score (nSPS) is 22.1. The maximum Gasteiger partial charge on any atom is 0.236 e. The molecular formula is C13H24N2O. The molecule has 0 aliphatic heterocycles. The van der Waals surface area contributed by atoms with Gasteiger partial charge in [0, 0.05) is 12.6 Å². The predicted octanol–water partition coefficient (Wildman–Crippen LogP) is 1.85. The van der Waals surface area contributed by atoms with E-state index in [-0.39, 0.29) is 11.9 Å². The first-order valence-corrected chi connectivity index (χ1v) is 6.30. The highest BCUT2D eigenvalue weighted by Crippen LogP contribution is 2.10. The van der Waals surface area contributed by atoms with Crippen LogP contribution in [-0.4, -0.2) is 24.5 Å². The van der Waals surface area contributed by atoms with Crippen molar-refractivity contribution < 1.29 is 4.79 Å². The lowest BCUT2D eigenvalue weighted by Crippen LogP contribution is -2.47. The average Bonchev–Trinajstić information content (AvgIpc) is 2.27. The maximum atomic E-state index is 11.7. The van der Waals surface area contributed by atoms with Crippen LogP contribution in [0.25, 0.3) is 0 Å². The van der Waals surface area contributed by atoms with E-state index in [1.807, 2.05) is 6.92 Å². The zero-order valence-corrected chi connectivity index (χ0v) is 10.6. The summed E-state index contributed by atoms with van der Waals surface area (Å²) in [6.07, 6.45) is 7.90. The van der Waals surface area contributed by atoms with E-state index >= 15 is 0 Å². The van der Waals surface area contributed by atoms with Crippen molar-refractivity contribution in [3.63, 3.8) is 0 Å². The molecule has 0 saturated heterocycles. The van der Waals surface area contributed by atoms with Crippen LogP contribution in [0.5, 0.6) is 0 Å². The van der Waals surface area contributed by atoms with Crippen molar-refractivity contribution in [2.45, 2.75) is 52.1 Å². The molecule has 0 fully saturated rings. The van der Waals surface area contributed by atoms with Crippen LogP contribution in [-0.2, 0) is 4.79 Å². The minimum Gasteiger partial charge on any atom is -0.354 e. The molecule has 1 aliphatic carbocycles. The summed E-state index contributed by atoms with van der Waals surface area (Å²) in [4.78, 5) is 11.7. The molecule has 16 heavy (non-hydrogen) atoms. The molecule has 0 heterocycles. The van der Waals surface area contributed by atoms with E-state index in [4.69, 9.17) is 0 Å². The molecule has 0 saturated carbocycles. The van der Waals surface area contributed by atoms with E-state index in [0.29, 0.717) is 12.0 Å². The summed E-state index contributed by atoms with van der Waals surface area (Å²) in [7, 11) is 0. The number of allylic oxidation sites excluding steroid dienone is 1. The van der Waals surface area contributed by atoms with Crippen LogP contribution < -0.4 is 10.6 Å². The summed E-state index contributed by atoms with van der Waals surface area (Å²) in [6.45, 7) is 6.88. The molecule has 3 heteroatoms. The Morgan fingerprint density at radius 2 is 2.19 bits per heavy atom. The van der Waals surface area contributed by atoms with Gasteiger partial charge in [-0.25, -0.2) is 0 Å². The fourth-order valence-electron chi connectivity index (χ4n) is 1.81. The topological polar surface area (TPSA) is 41.1 Å². The minimum atomic E-state index is -0.105. The molecule has 0 aromatic heterocycles. The third kappa shape index (κ3) is 4.79. The summed E-state index contributed by atoms with van der Waals surface area (Å²) in [5.41, 5.74) is 0. The molecule has 0 bridgehead atoms. The van der Waals surface area contributed by atoms with E-state index < -0.39 is 0 Å². The Hall–Kier alpha value is -0.830. The summed E-state index contributed by atoms with van der Waals surface area (Å²) < 4.78 is 0. The van der Waals surface area contributed by atoms with Gasteiger partial charge >= 0.3 is 0 Å². The second-order valence-electron chi connectivity index (χ2n) is 4.99.